The summed E-state index contributed by atoms with van der Waals surface area (Å²) in [5, 5.41) is 0. The minimum Gasteiger partial charge on any atom is -0.300 e. The predicted molar refractivity (Wildman–Crippen MR) is 92.0 cm³/mol. The molecule has 6 rings (SSSR count). The van der Waals surface area contributed by atoms with Gasteiger partial charge in [-0.05, 0) is 74.3 Å². The topological polar surface area (TPSA) is 54.5 Å². The summed E-state index contributed by atoms with van der Waals surface area (Å²) >= 11 is 0. The van der Waals surface area contributed by atoms with E-state index in [-0.39, 0.29) is 29.1 Å². The van der Waals surface area contributed by atoms with Crippen LogP contribution in [0.25, 0.3) is 0 Å². The van der Waals surface area contributed by atoms with Crippen molar-refractivity contribution in [2.45, 2.75) is 51.5 Å². The first kappa shape index (κ1) is 15.3. The molecule has 4 heteroatoms. The number of hydrogen-bond acceptors (Lipinski definition) is 3. The Hall–Kier alpha value is -1.97. The molecule has 4 fully saturated rings. The third-order valence-corrected chi connectivity index (χ3v) is 7.10. The molecule has 2 amide bonds. The molecule has 2 atom stereocenters. The number of carbonyl (C=O) groups is 3. The number of hydrogen-bond donors (Lipinski definition) is 0. The van der Waals surface area contributed by atoms with Crippen molar-refractivity contribution in [2.75, 3.05) is 0 Å². The third kappa shape index (κ3) is 2.09. The van der Waals surface area contributed by atoms with Crippen molar-refractivity contribution in [3.05, 3.63) is 35.4 Å². The van der Waals surface area contributed by atoms with Crippen molar-refractivity contribution in [2.24, 2.45) is 23.2 Å². The molecular weight excluding hydrogens is 314 g/mol. The van der Waals surface area contributed by atoms with Gasteiger partial charge in [0.05, 0.1) is 11.1 Å². The number of carbonyl (C=O) groups excluding carboxylic acids is 3. The van der Waals surface area contributed by atoms with Crippen LogP contribution in [0.1, 0.15) is 66.2 Å². The minimum atomic E-state index is -0.112. The van der Waals surface area contributed by atoms with Gasteiger partial charge in [-0.25, -0.2) is 0 Å². The largest absolute Gasteiger partial charge is 0.300 e. The van der Waals surface area contributed by atoms with Gasteiger partial charge in [0.15, 0.2) is 0 Å². The fourth-order valence-electron chi connectivity index (χ4n) is 6.81. The number of fused-ring (bicyclic) bond motifs is 1. The highest BCUT2D eigenvalue weighted by Crippen LogP contribution is 2.62. The summed E-state index contributed by atoms with van der Waals surface area (Å²) < 4.78 is 0. The molecule has 2 unspecified atom stereocenters. The Kier molecular flexibility index (Phi) is 3.08. The zero-order valence-electron chi connectivity index (χ0n) is 14.5. The molecule has 1 aromatic carbocycles. The smallest absolute Gasteiger partial charge is 0.261 e. The number of ketones is 1. The average Bonchev–Trinajstić information content (AvgIpc) is 2.78. The van der Waals surface area contributed by atoms with Gasteiger partial charge >= 0.3 is 0 Å². The van der Waals surface area contributed by atoms with Crippen LogP contribution < -0.4 is 0 Å². The summed E-state index contributed by atoms with van der Waals surface area (Å²) in [6.45, 7) is 1.69. The maximum Gasteiger partial charge on any atom is 0.261 e. The molecule has 4 saturated carbocycles. The average molecular weight is 337 g/mol. The van der Waals surface area contributed by atoms with Gasteiger partial charge < -0.3 is 4.79 Å². The molecule has 0 N–H and O–H groups in total. The second kappa shape index (κ2) is 5.03. The molecule has 4 bridgehead atoms. The second-order valence-electron chi connectivity index (χ2n) is 8.87. The maximum absolute atomic E-state index is 12.9. The first-order valence-electron chi connectivity index (χ1n) is 9.44. The Morgan fingerprint density at radius 1 is 1.04 bits per heavy atom. The Bertz CT molecular complexity index is 747. The van der Waals surface area contributed by atoms with Crippen LogP contribution in [-0.2, 0) is 4.79 Å². The molecule has 130 valence electrons. The van der Waals surface area contributed by atoms with E-state index in [9.17, 15) is 14.4 Å². The number of rotatable bonds is 3. The first-order valence-corrected chi connectivity index (χ1v) is 9.44. The lowest BCUT2D eigenvalue weighted by Crippen LogP contribution is -2.60. The normalized spacial score (nSPS) is 38.4. The van der Waals surface area contributed by atoms with E-state index in [2.05, 4.69) is 0 Å². The van der Waals surface area contributed by atoms with E-state index in [1.165, 1.54) is 0 Å². The van der Waals surface area contributed by atoms with Crippen LogP contribution in [0.4, 0.5) is 0 Å². The van der Waals surface area contributed by atoms with Crippen molar-refractivity contribution in [1.29, 1.82) is 0 Å². The quantitative estimate of drug-likeness (QED) is 0.794. The van der Waals surface area contributed by atoms with E-state index in [4.69, 9.17) is 0 Å². The van der Waals surface area contributed by atoms with Crippen molar-refractivity contribution in [3.8, 4) is 0 Å². The highest BCUT2D eigenvalue weighted by molar-refractivity contribution is 6.21. The standard InChI is InChI=1S/C21H23NO3/c1-12(23)8-21-9-13-6-14(10-21)18(15(7-13)11-21)22-19(24)16-4-2-3-5-17(16)20(22)25/h2-5,13-15,18H,6-11H2,1H3. The van der Waals surface area contributed by atoms with E-state index in [1.807, 2.05) is 12.1 Å². The van der Waals surface area contributed by atoms with Gasteiger partial charge in [-0.15, -0.1) is 0 Å². The predicted octanol–water partition coefficient (Wildman–Crippen LogP) is 3.46. The lowest BCUT2D eigenvalue weighted by molar-refractivity contribution is -0.130. The molecule has 1 aromatic rings. The van der Waals surface area contributed by atoms with Gasteiger partial charge in [-0.3, -0.25) is 14.5 Å². The SMILES string of the molecule is CC(=O)CC12CC3CC(C1)C(N1C(=O)c4ccccc4C1=O)C(C3)C2. The Morgan fingerprint density at radius 3 is 2.12 bits per heavy atom. The van der Waals surface area contributed by atoms with Crippen molar-refractivity contribution >= 4 is 17.6 Å². The van der Waals surface area contributed by atoms with Crippen LogP contribution in [0.5, 0.6) is 0 Å². The van der Waals surface area contributed by atoms with Crippen LogP contribution in [0.3, 0.4) is 0 Å². The monoisotopic (exact) mass is 337 g/mol. The highest BCUT2D eigenvalue weighted by Gasteiger charge is 2.59. The highest BCUT2D eigenvalue weighted by atomic mass is 16.2. The number of amides is 2. The fraction of sp³-hybridized carbons (Fsp3) is 0.571. The molecule has 0 saturated heterocycles. The molecule has 1 heterocycles. The zero-order valence-corrected chi connectivity index (χ0v) is 14.5. The van der Waals surface area contributed by atoms with E-state index in [1.54, 1.807) is 24.0 Å². The summed E-state index contributed by atoms with van der Waals surface area (Å²) in [4.78, 5) is 39.3. The first-order chi connectivity index (χ1) is 12.0. The lowest BCUT2D eigenvalue weighted by atomic mass is 9.46. The molecule has 1 aliphatic heterocycles. The molecule has 0 aromatic heterocycles. The molecular formula is C21H23NO3. The summed E-state index contributed by atoms with van der Waals surface area (Å²) in [5.41, 5.74) is 1.25. The number of nitrogens with zero attached hydrogens (tertiary/aromatic N) is 1. The molecule has 0 radical (unpaired) electrons. The lowest BCUT2D eigenvalue weighted by Gasteiger charge is -2.61. The van der Waals surface area contributed by atoms with E-state index >= 15 is 0 Å². The summed E-state index contributed by atoms with van der Waals surface area (Å²) in [6, 6.07) is 7.22. The Morgan fingerprint density at radius 2 is 1.60 bits per heavy atom. The maximum atomic E-state index is 12.9. The number of benzene rings is 1. The Labute approximate surface area is 147 Å². The van der Waals surface area contributed by atoms with E-state index in [0.29, 0.717) is 35.3 Å². The minimum absolute atomic E-state index is 0.0315. The van der Waals surface area contributed by atoms with Crippen molar-refractivity contribution < 1.29 is 14.4 Å². The van der Waals surface area contributed by atoms with E-state index in [0.717, 1.165) is 32.1 Å². The van der Waals surface area contributed by atoms with Crippen molar-refractivity contribution in [1.82, 2.24) is 4.90 Å². The van der Waals surface area contributed by atoms with Gasteiger partial charge in [-0.1, -0.05) is 12.1 Å². The molecule has 0 spiro atoms. The molecule has 4 nitrogen and oxygen atoms in total. The van der Waals surface area contributed by atoms with Crippen molar-refractivity contribution in [3.63, 3.8) is 0 Å². The van der Waals surface area contributed by atoms with Crippen LogP contribution >= 0.6 is 0 Å². The fourth-order valence-corrected chi connectivity index (χ4v) is 6.81. The van der Waals surface area contributed by atoms with Gasteiger partial charge in [0.25, 0.3) is 11.8 Å². The van der Waals surface area contributed by atoms with Crippen LogP contribution in [0, 0.1) is 23.2 Å². The van der Waals surface area contributed by atoms with Gasteiger partial charge in [-0.2, -0.15) is 0 Å². The van der Waals surface area contributed by atoms with E-state index < -0.39 is 0 Å². The molecule has 25 heavy (non-hydrogen) atoms. The molecule has 4 aliphatic carbocycles. The van der Waals surface area contributed by atoms with Gasteiger partial charge in [0.1, 0.15) is 5.78 Å². The summed E-state index contributed by atoms with van der Waals surface area (Å²) in [7, 11) is 0. The Balaban J connectivity index is 1.49. The number of imide groups is 1. The summed E-state index contributed by atoms with van der Waals surface area (Å²) in [5.74, 6) is 1.46. The van der Waals surface area contributed by atoms with Gasteiger partial charge in [0, 0.05) is 12.5 Å². The van der Waals surface area contributed by atoms with Crippen LogP contribution in [-0.4, -0.2) is 28.5 Å². The van der Waals surface area contributed by atoms with Gasteiger partial charge in [0.2, 0.25) is 0 Å². The zero-order chi connectivity index (χ0) is 17.3. The van der Waals surface area contributed by atoms with Crippen LogP contribution in [0.15, 0.2) is 24.3 Å². The third-order valence-electron chi connectivity index (χ3n) is 7.10. The molecule has 5 aliphatic rings. The summed E-state index contributed by atoms with van der Waals surface area (Å²) in [6.07, 6.45) is 6.04. The van der Waals surface area contributed by atoms with Crippen LogP contribution in [0.2, 0.25) is 0 Å². The number of Topliss-reactive ketones (excluding diaryl/α,β-unsaturated/α-hetero) is 1. The second-order valence-corrected chi connectivity index (χ2v) is 8.87.